The molecule has 1 aromatic rings. The maximum Gasteiger partial charge on any atom is 0.0249 e. The number of rotatable bonds is 4. The molecule has 2 heteroatoms. The summed E-state index contributed by atoms with van der Waals surface area (Å²) in [6.07, 6.45) is 5.57. The lowest BCUT2D eigenvalue weighted by atomic mass is 9.97. The summed E-state index contributed by atoms with van der Waals surface area (Å²) < 4.78 is 0. The molecule has 2 saturated heterocycles. The second-order valence-electron chi connectivity index (χ2n) is 6.21. The van der Waals surface area contributed by atoms with Crippen molar-refractivity contribution in [3.8, 4) is 0 Å². The van der Waals surface area contributed by atoms with E-state index < -0.39 is 0 Å². The van der Waals surface area contributed by atoms with Crippen LogP contribution in [0.15, 0.2) is 30.3 Å². The normalized spacial score (nSPS) is 29.1. The predicted octanol–water partition coefficient (Wildman–Crippen LogP) is 3.01. The van der Waals surface area contributed by atoms with Gasteiger partial charge in [0.15, 0.2) is 0 Å². The fraction of sp³-hybridized carbons (Fsp3) is 0.647. The summed E-state index contributed by atoms with van der Waals surface area (Å²) in [6.45, 7) is 6.08. The molecular formula is C17H26N2. The highest BCUT2D eigenvalue weighted by Crippen LogP contribution is 2.27. The third-order valence-corrected chi connectivity index (χ3v) is 4.91. The van der Waals surface area contributed by atoms with Crippen LogP contribution < -0.4 is 5.32 Å². The van der Waals surface area contributed by atoms with E-state index in [-0.39, 0.29) is 0 Å². The van der Waals surface area contributed by atoms with Gasteiger partial charge in [0.2, 0.25) is 0 Å². The molecule has 0 amide bonds. The summed E-state index contributed by atoms with van der Waals surface area (Å²) in [6, 6.07) is 12.4. The average molecular weight is 258 g/mol. The van der Waals surface area contributed by atoms with Gasteiger partial charge < -0.3 is 5.32 Å². The Kier molecular flexibility index (Phi) is 4.19. The van der Waals surface area contributed by atoms with Crippen LogP contribution in [-0.2, 0) is 0 Å². The molecule has 104 valence electrons. The summed E-state index contributed by atoms with van der Waals surface area (Å²) in [5.41, 5.74) is 1.45. The van der Waals surface area contributed by atoms with Gasteiger partial charge in [-0.05, 0) is 37.3 Å². The second-order valence-corrected chi connectivity index (χ2v) is 6.21. The van der Waals surface area contributed by atoms with Crippen LogP contribution in [0.5, 0.6) is 0 Å². The van der Waals surface area contributed by atoms with Crippen LogP contribution >= 0.6 is 0 Å². The van der Waals surface area contributed by atoms with Crippen molar-refractivity contribution < 1.29 is 0 Å². The average Bonchev–Trinajstić information content (AvgIpc) is 2.89. The Labute approximate surface area is 117 Å². The highest BCUT2D eigenvalue weighted by Gasteiger charge is 2.35. The quantitative estimate of drug-likeness (QED) is 0.893. The molecule has 3 atom stereocenters. The molecule has 0 saturated carbocycles. The molecule has 2 nitrogen and oxygen atoms in total. The molecule has 0 bridgehead atoms. The first-order valence-corrected chi connectivity index (χ1v) is 7.87. The molecule has 0 spiro atoms. The van der Waals surface area contributed by atoms with Crippen LogP contribution in [0.2, 0.25) is 0 Å². The number of benzene rings is 1. The van der Waals surface area contributed by atoms with Gasteiger partial charge in [-0.25, -0.2) is 0 Å². The lowest BCUT2D eigenvalue weighted by Crippen LogP contribution is -2.45. The minimum atomic E-state index is 0.610. The first kappa shape index (κ1) is 13.1. The van der Waals surface area contributed by atoms with Gasteiger partial charge in [-0.3, -0.25) is 4.90 Å². The van der Waals surface area contributed by atoms with Crippen LogP contribution in [0.3, 0.4) is 0 Å². The highest BCUT2D eigenvalue weighted by atomic mass is 15.2. The predicted molar refractivity (Wildman–Crippen MR) is 80.5 cm³/mol. The van der Waals surface area contributed by atoms with E-state index in [0.29, 0.717) is 5.92 Å². The van der Waals surface area contributed by atoms with E-state index in [4.69, 9.17) is 0 Å². The van der Waals surface area contributed by atoms with Crippen molar-refractivity contribution in [1.82, 2.24) is 10.2 Å². The van der Waals surface area contributed by atoms with Crippen molar-refractivity contribution in [3.63, 3.8) is 0 Å². The number of fused-ring (bicyclic) bond motifs is 1. The summed E-state index contributed by atoms with van der Waals surface area (Å²) in [4.78, 5) is 2.70. The Hall–Kier alpha value is -0.860. The number of hydrogen-bond donors (Lipinski definition) is 1. The number of piperidine rings is 1. The first-order chi connectivity index (χ1) is 9.34. The molecule has 2 aliphatic heterocycles. The summed E-state index contributed by atoms with van der Waals surface area (Å²) in [5, 5.41) is 3.84. The topological polar surface area (TPSA) is 15.3 Å². The van der Waals surface area contributed by atoms with Crippen molar-refractivity contribution in [2.45, 2.75) is 50.6 Å². The van der Waals surface area contributed by atoms with Crippen molar-refractivity contribution in [3.05, 3.63) is 35.9 Å². The molecule has 0 aliphatic carbocycles. The highest BCUT2D eigenvalue weighted by molar-refractivity contribution is 5.19. The molecule has 2 fully saturated rings. The number of nitrogens with zero attached hydrogens (tertiary/aromatic N) is 1. The van der Waals surface area contributed by atoms with Gasteiger partial charge in [0.1, 0.15) is 0 Å². The van der Waals surface area contributed by atoms with Crippen molar-refractivity contribution in [1.29, 1.82) is 0 Å². The van der Waals surface area contributed by atoms with Gasteiger partial charge in [0.25, 0.3) is 0 Å². The number of hydrogen-bond acceptors (Lipinski definition) is 2. The minimum Gasteiger partial charge on any atom is -0.312 e. The maximum atomic E-state index is 3.84. The Bertz CT molecular complexity index is 390. The zero-order valence-corrected chi connectivity index (χ0v) is 12.0. The van der Waals surface area contributed by atoms with E-state index in [1.54, 1.807) is 0 Å². The van der Waals surface area contributed by atoms with E-state index in [0.717, 1.165) is 18.6 Å². The molecule has 3 unspecified atom stereocenters. The smallest absolute Gasteiger partial charge is 0.0249 e. The van der Waals surface area contributed by atoms with Gasteiger partial charge in [0, 0.05) is 25.2 Å². The fourth-order valence-electron chi connectivity index (χ4n) is 3.71. The van der Waals surface area contributed by atoms with Crippen LogP contribution in [0, 0.1) is 0 Å². The van der Waals surface area contributed by atoms with Crippen LogP contribution in [0.4, 0.5) is 0 Å². The van der Waals surface area contributed by atoms with E-state index >= 15 is 0 Å². The van der Waals surface area contributed by atoms with E-state index in [2.05, 4.69) is 47.5 Å². The SMILES string of the molecule is CC(CNC1CCN2CCCCC12)c1ccccc1. The fourth-order valence-corrected chi connectivity index (χ4v) is 3.71. The Morgan fingerprint density at radius 2 is 2.00 bits per heavy atom. The van der Waals surface area contributed by atoms with Gasteiger partial charge >= 0.3 is 0 Å². The molecular weight excluding hydrogens is 232 g/mol. The molecule has 1 N–H and O–H groups in total. The molecule has 3 rings (SSSR count). The molecule has 2 aliphatic rings. The molecule has 0 aromatic heterocycles. The Balaban J connectivity index is 1.52. The molecule has 2 heterocycles. The lowest BCUT2D eigenvalue weighted by Gasteiger charge is -2.33. The van der Waals surface area contributed by atoms with Crippen molar-refractivity contribution >= 4 is 0 Å². The molecule has 19 heavy (non-hydrogen) atoms. The standard InChI is InChI=1S/C17H26N2/c1-14(15-7-3-2-4-8-15)13-18-16-10-12-19-11-6-5-9-17(16)19/h2-4,7-8,14,16-18H,5-6,9-13H2,1H3. The Morgan fingerprint density at radius 3 is 2.84 bits per heavy atom. The molecule has 1 aromatic carbocycles. The van der Waals surface area contributed by atoms with Crippen LogP contribution in [-0.4, -0.2) is 36.6 Å². The summed E-state index contributed by atoms with van der Waals surface area (Å²) >= 11 is 0. The summed E-state index contributed by atoms with van der Waals surface area (Å²) in [5.74, 6) is 0.610. The second kappa shape index (κ2) is 6.06. The van der Waals surface area contributed by atoms with E-state index in [1.807, 2.05) is 0 Å². The largest absolute Gasteiger partial charge is 0.312 e. The van der Waals surface area contributed by atoms with Crippen molar-refractivity contribution in [2.75, 3.05) is 19.6 Å². The first-order valence-electron chi connectivity index (χ1n) is 7.87. The monoisotopic (exact) mass is 258 g/mol. The zero-order chi connectivity index (χ0) is 13.1. The summed E-state index contributed by atoms with van der Waals surface area (Å²) in [7, 11) is 0. The lowest BCUT2D eigenvalue weighted by molar-refractivity contribution is 0.180. The number of nitrogens with one attached hydrogen (secondary N) is 1. The minimum absolute atomic E-state index is 0.610. The third kappa shape index (κ3) is 3.01. The van der Waals surface area contributed by atoms with E-state index in [9.17, 15) is 0 Å². The van der Waals surface area contributed by atoms with Crippen molar-refractivity contribution in [2.24, 2.45) is 0 Å². The van der Waals surface area contributed by atoms with Gasteiger partial charge in [-0.2, -0.15) is 0 Å². The van der Waals surface area contributed by atoms with Crippen LogP contribution in [0.25, 0.3) is 0 Å². The van der Waals surface area contributed by atoms with E-state index in [1.165, 1.54) is 44.3 Å². The zero-order valence-electron chi connectivity index (χ0n) is 12.0. The van der Waals surface area contributed by atoms with Gasteiger partial charge in [-0.1, -0.05) is 43.7 Å². The molecule has 0 radical (unpaired) electrons. The van der Waals surface area contributed by atoms with Crippen LogP contribution in [0.1, 0.15) is 44.1 Å². The Morgan fingerprint density at radius 1 is 1.16 bits per heavy atom. The third-order valence-electron chi connectivity index (χ3n) is 4.91. The van der Waals surface area contributed by atoms with Gasteiger partial charge in [0.05, 0.1) is 0 Å². The maximum absolute atomic E-state index is 3.84. The van der Waals surface area contributed by atoms with Gasteiger partial charge in [-0.15, -0.1) is 0 Å².